The van der Waals surface area contributed by atoms with Gasteiger partial charge in [-0.25, -0.2) is 8.42 Å². The molecule has 114 valence electrons. The monoisotopic (exact) mass is 313 g/mol. The Morgan fingerprint density at radius 2 is 1.80 bits per heavy atom. The number of hydrogen-bond donors (Lipinski definition) is 1. The van der Waals surface area contributed by atoms with Gasteiger partial charge in [-0.3, -0.25) is 0 Å². The van der Waals surface area contributed by atoms with Crippen molar-refractivity contribution in [2.24, 2.45) is 0 Å². The number of hydrogen-bond acceptors (Lipinski definition) is 4. The minimum Gasteiger partial charge on any atom is -0.497 e. The predicted octanol–water partition coefficient (Wildman–Crippen LogP) is 1.24. The quantitative estimate of drug-likeness (QED) is 0.858. The summed E-state index contributed by atoms with van der Waals surface area (Å²) in [6, 6.07) is 4.96. The minimum absolute atomic E-state index is 0.189. The van der Waals surface area contributed by atoms with Crippen molar-refractivity contribution in [1.82, 2.24) is 4.31 Å². The Labute approximate surface area is 114 Å². The van der Waals surface area contributed by atoms with Gasteiger partial charge in [-0.1, -0.05) is 0 Å². The molecular formula is C11H14F3NO4S. The zero-order valence-corrected chi connectivity index (χ0v) is 11.4. The standard InChI is InChI=1S/C11H14F3NO4S/c1-19-9-2-4-10(5-3-9)20(17,18)15(6-7-16)8-11(12,13)14/h2-5,16H,6-8H2,1H3. The molecule has 0 aliphatic carbocycles. The van der Waals surface area contributed by atoms with Crippen LogP contribution in [0.3, 0.4) is 0 Å². The van der Waals surface area contributed by atoms with E-state index in [-0.39, 0.29) is 9.20 Å². The first-order valence-corrected chi connectivity index (χ1v) is 6.96. The van der Waals surface area contributed by atoms with Crippen molar-refractivity contribution in [3.05, 3.63) is 24.3 Å². The van der Waals surface area contributed by atoms with Crippen LogP contribution in [-0.2, 0) is 10.0 Å². The molecular weight excluding hydrogens is 299 g/mol. The van der Waals surface area contributed by atoms with Crippen molar-refractivity contribution in [2.45, 2.75) is 11.1 Å². The maximum atomic E-state index is 12.4. The molecule has 1 aromatic carbocycles. The summed E-state index contributed by atoms with van der Waals surface area (Å²) in [7, 11) is -2.94. The molecule has 0 heterocycles. The molecule has 1 rings (SSSR count). The molecule has 1 N–H and O–H groups in total. The predicted molar refractivity (Wildman–Crippen MR) is 64.9 cm³/mol. The van der Waals surface area contributed by atoms with Gasteiger partial charge in [-0.05, 0) is 24.3 Å². The lowest BCUT2D eigenvalue weighted by Gasteiger charge is -2.22. The van der Waals surface area contributed by atoms with E-state index in [1.807, 2.05) is 0 Å². The number of aliphatic hydroxyl groups excluding tert-OH is 1. The van der Waals surface area contributed by atoms with Gasteiger partial charge in [0.15, 0.2) is 0 Å². The molecule has 0 aliphatic rings. The first-order chi connectivity index (χ1) is 9.20. The minimum atomic E-state index is -4.69. The number of nitrogens with zero attached hydrogens (tertiary/aromatic N) is 1. The summed E-state index contributed by atoms with van der Waals surface area (Å²) in [5.74, 6) is 0.383. The Kier molecular flexibility index (Phi) is 5.37. The maximum Gasteiger partial charge on any atom is 0.402 e. The Bertz CT molecular complexity index is 528. The summed E-state index contributed by atoms with van der Waals surface area (Å²) in [6.45, 7) is -2.98. The Hall–Kier alpha value is -1.32. The van der Waals surface area contributed by atoms with Gasteiger partial charge in [-0.15, -0.1) is 0 Å². The summed E-state index contributed by atoms with van der Waals surface area (Å²) < 4.78 is 66.3. The molecule has 1 aromatic rings. The highest BCUT2D eigenvalue weighted by molar-refractivity contribution is 7.89. The largest absolute Gasteiger partial charge is 0.497 e. The molecule has 9 heteroatoms. The zero-order chi connectivity index (χ0) is 15.4. The molecule has 0 radical (unpaired) electrons. The number of ether oxygens (including phenoxy) is 1. The van der Waals surface area contributed by atoms with Crippen molar-refractivity contribution < 1.29 is 31.4 Å². The summed E-state index contributed by atoms with van der Waals surface area (Å²) in [5, 5.41) is 8.73. The number of benzene rings is 1. The molecule has 0 aromatic heterocycles. The highest BCUT2D eigenvalue weighted by atomic mass is 32.2. The van der Waals surface area contributed by atoms with Crippen molar-refractivity contribution >= 4 is 10.0 Å². The fourth-order valence-electron chi connectivity index (χ4n) is 1.49. The van der Waals surface area contributed by atoms with E-state index in [4.69, 9.17) is 9.84 Å². The van der Waals surface area contributed by atoms with E-state index in [0.29, 0.717) is 5.75 Å². The SMILES string of the molecule is COc1ccc(S(=O)(=O)N(CCO)CC(F)(F)F)cc1. The fraction of sp³-hybridized carbons (Fsp3) is 0.455. The second kappa shape index (κ2) is 6.42. The third-order valence-electron chi connectivity index (χ3n) is 2.40. The molecule has 20 heavy (non-hydrogen) atoms. The van der Waals surface area contributed by atoms with E-state index >= 15 is 0 Å². The summed E-state index contributed by atoms with van der Waals surface area (Å²) in [6.07, 6.45) is -4.69. The highest BCUT2D eigenvalue weighted by Crippen LogP contribution is 2.23. The van der Waals surface area contributed by atoms with E-state index < -0.39 is 35.9 Å². The third kappa shape index (κ3) is 4.36. The highest BCUT2D eigenvalue weighted by Gasteiger charge is 2.36. The van der Waals surface area contributed by atoms with Crippen molar-refractivity contribution in [3.8, 4) is 5.75 Å². The average molecular weight is 313 g/mol. The van der Waals surface area contributed by atoms with Crippen LogP contribution in [0.2, 0.25) is 0 Å². The second-order valence-electron chi connectivity index (χ2n) is 3.85. The lowest BCUT2D eigenvalue weighted by Crippen LogP contribution is -2.40. The summed E-state index contributed by atoms with van der Waals surface area (Å²) >= 11 is 0. The normalized spacial score (nSPS) is 12.7. The molecule has 0 unspecified atom stereocenters. The van der Waals surface area contributed by atoms with Crippen LogP contribution in [0.5, 0.6) is 5.75 Å². The van der Waals surface area contributed by atoms with Gasteiger partial charge in [0.2, 0.25) is 10.0 Å². The molecule has 0 saturated carbocycles. The Morgan fingerprint density at radius 1 is 1.25 bits per heavy atom. The average Bonchev–Trinajstić information content (AvgIpc) is 2.37. The van der Waals surface area contributed by atoms with Gasteiger partial charge in [0, 0.05) is 6.54 Å². The third-order valence-corrected chi connectivity index (χ3v) is 4.26. The topological polar surface area (TPSA) is 66.8 Å². The van der Waals surface area contributed by atoms with Crippen LogP contribution in [0, 0.1) is 0 Å². The van der Waals surface area contributed by atoms with E-state index in [1.54, 1.807) is 0 Å². The first kappa shape index (κ1) is 16.7. The zero-order valence-electron chi connectivity index (χ0n) is 10.6. The molecule has 0 bridgehead atoms. The smallest absolute Gasteiger partial charge is 0.402 e. The van der Waals surface area contributed by atoms with Gasteiger partial charge >= 0.3 is 6.18 Å². The first-order valence-electron chi connectivity index (χ1n) is 5.52. The number of rotatable bonds is 6. The lowest BCUT2D eigenvalue weighted by molar-refractivity contribution is -0.136. The van der Waals surface area contributed by atoms with Crippen LogP contribution < -0.4 is 4.74 Å². The van der Waals surface area contributed by atoms with E-state index in [9.17, 15) is 21.6 Å². The van der Waals surface area contributed by atoms with Crippen LogP contribution in [0.15, 0.2) is 29.2 Å². The number of alkyl halides is 3. The van der Waals surface area contributed by atoms with Gasteiger partial charge < -0.3 is 9.84 Å². The van der Waals surface area contributed by atoms with Gasteiger partial charge in [0.05, 0.1) is 18.6 Å². The number of halogens is 3. The molecule has 5 nitrogen and oxygen atoms in total. The van der Waals surface area contributed by atoms with E-state index in [0.717, 1.165) is 12.1 Å². The molecule has 0 aliphatic heterocycles. The van der Waals surface area contributed by atoms with E-state index in [1.165, 1.54) is 19.2 Å². The molecule has 0 amide bonds. The van der Waals surface area contributed by atoms with E-state index in [2.05, 4.69) is 0 Å². The second-order valence-corrected chi connectivity index (χ2v) is 5.79. The summed E-state index contributed by atoms with van der Waals surface area (Å²) in [5.41, 5.74) is 0. The summed E-state index contributed by atoms with van der Waals surface area (Å²) in [4.78, 5) is -0.295. The molecule has 0 saturated heterocycles. The van der Waals surface area contributed by atoms with Crippen LogP contribution in [0.25, 0.3) is 0 Å². The van der Waals surface area contributed by atoms with Gasteiger partial charge in [0.25, 0.3) is 0 Å². The van der Waals surface area contributed by atoms with Crippen LogP contribution >= 0.6 is 0 Å². The van der Waals surface area contributed by atoms with Crippen molar-refractivity contribution in [3.63, 3.8) is 0 Å². The fourth-order valence-corrected chi connectivity index (χ4v) is 2.91. The molecule has 0 fully saturated rings. The Morgan fingerprint density at radius 3 is 2.20 bits per heavy atom. The number of sulfonamides is 1. The van der Waals surface area contributed by atoms with Gasteiger partial charge in [0.1, 0.15) is 12.3 Å². The molecule has 0 atom stereocenters. The number of methoxy groups -OCH3 is 1. The Balaban J connectivity index is 3.08. The molecule has 0 spiro atoms. The van der Waals surface area contributed by atoms with Crippen LogP contribution in [-0.4, -0.2) is 50.8 Å². The van der Waals surface area contributed by atoms with Gasteiger partial charge in [-0.2, -0.15) is 17.5 Å². The van der Waals surface area contributed by atoms with Crippen LogP contribution in [0.4, 0.5) is 13.2 Å². The lowest BCUT2D eigenvalue weighted by atomic mass is 10.3. The van der Waals surface area contributed by atoms with Crippen LogP contribution in [0.1, 0.15) is 0 Å². The maximum absolute atomic E-state index is 12.4. The van der Waals surface area contributed by atoms with Crippen molar-refractivity contribution in [1.29, 1.82) is 0 Å². The number of aliphatic hydroxyl groups is 1. The van der Waals surface area contributed by atoms with Crippen molar-refractivity contribution in [2.75, 3.05) is 26.8 Å².